The van der Waals surface area contributed by atoms with Crippen molar-refractivity contribution in [1.29, 1.82) is 0 Å². The lowest BCUT2D eigenvalue weighted by Gasteiger charge is -2.04. The van der Waals surface area contributed by atoms with Crippen LogP contribution in [-0.2, 0) is 0 Å². The Balaban J connectivity index is 2.33. The molecule has 0 atom stereocenters. The van der Waals surface area contributed by atoms with E-state index in [0.29, 0.717) is 0 Å². The minimum Gasteiger partial charge on any atom is -0.233 e. The Hall–Kier alpha value is -2.16. The van der Waals surface area contributed by atoms with Gasteiger partial charge in [-0.2, -0.15) is 5.10 Å². The molecule has 0 N–H and O–H groups in total. The highest BCUT2D eigenvalue weighted by molar-refractivity contribution is 5.83. The van der Waals surface area contributed by atoms with Crippen molar-refractivity contribution in [3.8, 4) is 5.69 Å². The van der Waals surface area contributed by atoms with Crippen molar-refractivity contribution in [2.45, 2.75) is 27.7 Å². The summed E-state index contributed by atoms with van der Waals surface area (Å²) in [6.07, 6.45) is 0. The molecule has 2 heterocycles. The number of hydrogen-bond acceptors (Lipinski definition) is 2. The summed E-state index contributed by atoms with van der Waals surface area (Å²) >= 11 is 0. The molecule has 0 saturated heterocycles. The second-order valence-corrected chi connectivity index (χ2v) is 5.11. The van der Waals surface area contributed by atoms with Gasteiger partial charge >= 0.3 is 0 Å². The van der Waals surface area contributed by atoms with E-state index >= 15 is 0 Å². The molecule has 0 bridgehead atoms. The van der Waals surface area contributed by atoms with Crippen LogP contribution in [0, 0.1) is 27.7 Å². The predicted octanol–water partition coefficient (Wildman–Crippen LogP) is 3.65. The normalized spacial score (nSPS) is 11.2. The molecular formula is C16H17N3. The van der Waals surface area contributed by atoms with Gasteiger partial charge in [-0.25, -0.2) is 9.67 Å². The number of nitrogens with zero attached hydrogens (tertiary/aromatic N) is 3. The van der Waals surface area contributed by atoms with E-state index in [2.05, 4.69) is 54.3 Å². The molecule has 0 fully saturated rings. The van der Waals surface area contributed by atoms with E-state index in [1.165, 1.54) is 11.1 Å². The first kappa shape index (κ1) is 11.9. The van der Waals surface area contributed by atoms with Gasteiger partial charge in [0.05, 0.1) is 11.4 Å². The van der Waals surface area contributed by atoms with E-state index in [0.717, 1.165) is 28.1 Å². The van der Waals surface area contributed by atoms with Crippen LogP contribution in [0.4, 0.5) is 0 Å². The fourth-order valence-electron chi connectivity index (χ4n) is 2.53. The third-order valence-electron chi connectivity index (χ3n) is 3.42. The van der Waals surface area contributed by atoms with E-state index in [4.69, 9.17) is 0 Å². The number of fused-ring (bicyclic) bond motifs is 1. The molecule has 0 spiro atoms. The van der Waals surface area contributed by atoms with E-state index in [1.807, 2.05) is 18.5 Å². The second-order valence-electron chi connectivity index (χ2n) is 5.11. The highest BCUT2D eigenvalue weighted by Crippen LogP contribution is 2.24. The molecule has 3 heteroatoms. The van der Waals surface area contributed by atoms with E-state index in [1.54, 1.807) is 0 Å². The van der Waals surface area contributed by atoms with Crippen molar-refractivity contribution in [2.24, 2.45) is 0 Å². The number of rotatable bonds is 1. The van der Waals surface area contributed by atoms with Crippen molar-refractivity contribution < 1.29 is 0 Å². The molecule has 1 aromatic carbocycles. The number of aromatic nitrogens is 3. The van der Waals surface area contributed by atoms with Crippen LogP contribution in [0.15, 0.2) is 30.3 Å². The van der Waals surface area contributed by atoms with E-state index in [9.17, 15) is 0 Å². The van der Waals surface area contributed by atoms with Crippen LogP contribution in [0.1, 0.15) is 22.5 Å². The van der Waals surface area contributed by atoms with E-state index in [-0.39, 0.29) is 0 Å². The lowest BCUT2D eigenvalue weighted by atomic mass is 10.1. The van der Waals surface area contributed by atoms with Gasteiger partial charge in [-0.3, -0.25) is 0 Å². The summed E-state index contributed by atoms with van der Waals surface area (Å²) in [6, 6.07) is 10.5. The van der Waals surface area contributed by atoms with Crippen molar-refractivity contribution in [2.75, 3.05) is 0 Å². The highest BCUT2D eigenvalue weighted by Gasteiger charge is 2.12. The van der Waals surface area contributed by atoms with Gasteiger partial charge in [-0.05, 0) is 51.5 Å². The average Bonchev–Trinajstić information content (AvgIpc) is 2.67. The number of benzene rings is 1. The average molecular weight is 251 g/mol. The molecule has 0 aliphatic rings. The highest BCUT2D eigenvalue weighted by atomic mass is 15.3. The molecule has 0 saturated carbocycles. The Morgan fingerprint density at radius 3 is 2.32 bits per heavy atom. The first-order valence-corrected chi connectivity index (χ1v) is 6.47. The molecule has 3 aromatic rings. The Morgan fingerprint density at radius 1 is 0.947 bits per heavy atom. The molecule has 0 unspecified atom stereocenters. The van der Waals surface area contributed by atoms with Crippen molar-refractivity contribution >= 4 is 11.0 Å². The summed E-state index contributed by atoms with van der Waals surface area (Å²) < 4.78 is 1.93. The van der Waals surface area contributed by atoms with Crippen LogP contribution in [0.3, 0.4) is 0 Å². The van der Waals surface area contributed by atoms with Gasteiger partial charge < -0.3 is 0 Å². The summed E-state index contributed by atoms with van der Waals surface area (Å²) in [5.74, 6) is 0. The first-order valence-electron chi connectivity index (χ1n) is 6.47. The van der Waals surface area contributed by atoms with Crippen molar-refractivity contribution in [3.63, 3.8) is 0 Å². The number of aryl methyl sites for hydroxylation is 4. The minimum absolute atomic E-state index is 0.943. The standard InChI is InChI=1S/C16H17N3/c1-10-5-7-14(8-6-10)19-16-15(13(4)18-19)11(2)9-12(3)17-16/h5-9H,1-4H3. The number of hydrogen-bond donors (Lipinski definition) is 0. The zero-order valence-corrected chi connectivity index (χ0v) is 11.7. The van der Waals surface area contributed by atoms with Gasteiger partial charge in [-0.15, -0.1) is 0 Å². The topological polar surface area (TPSA) is 30.7 Å². The summed E-state index contributed by atoms with van der Waals surface area (Å²) in [6.45, 7) is 8.26. The molecule has 0 aliphatic carbocycles. The van der Waals surface area contributed by atoms with E-state index < -0.39 is 0 Å². The monoisotopic (exact) mass is 251 g/mol. The molecule has 3 nitrogen and oxygen atoms in total. The van der Waals surface area contributed by atoms with Gasteiger partial charge in [0.15, 0.2) is 5.65 Å². The Morgan fingerprint density at radius 2 is 1.63 bits per heavy atom. The Bertz CT molecular complexity index is 752. The van der Waals surface area contributed by atoms with Crippen LogP contribution < -0.4 is 0 Å². The van der Waals surface area contributed by atoms with Crippen LogP contribution in [-0.4, -0.2) is 14.8 Å². The molecule has 0 radical (unpaired) electrons. The Kier molecular flexibility index (Phi) is 2.63. The van der Waals surface area contributed by atoms with Gasteiger partial charge in [0.2, 0.25) is 0 Å². The summed E-state index contributed by atoms with van der Waals surface area (Å²) in [7, 11) is 0. The van der Waals surface area contributed by atoms with Gasteiger partial charge in [0.1, 0.15) is 0 Å². The maximum Gasteiger partial charge on any atom is 0.163 e. The van der Waals surface area contributed by atoms with Crippen molar-refractivity contribution in [1.82, 2.24) is 14.8 Å². The summed E-state index contributed by atoms with van der Waals surface area (Å²) in [4.78, 5) is 4.66. The molecule has 2 aromatic heterocycles. The largest absolute Gasteiger partial charge is 0.233 e. The maximum atomic E-state index is 4.66. The summed E-state index contributed by atoms with van der Waals surface area (Å²) in [5, 5.41) is 5.80. The zero-order valence-electron chi connectivity index (χ0n) is 11.7. The second kappa shape index (κ2) is 4.19. The molecule has 0 amide bonds. The third-order valence-corrected chi connectivity index (χ3v) is 3.42. The fraction of sp³-hybridized carbons (Fsp3) is 0.250. The smallest absolute Gasteiger partial charge is 0.163 e. The predicted molar refractivity (Wildman–Crippen MR) is 77.8 cm³/mol. The lowest BCUT2D eigenvalue weighted by Crippen LogP contribution is -1.98. The molecule has 0 aliphatic heterocycles. The van der Waals surface area contributed by atoms with Gasteiger partial charge in [0, 0.05) is 11.1 Å². The van der Waals surface area contributed by atoms with Gasteiger partial charge in [0.25, 0.3) is 0 Å². The Labute approximate surface area is 112 Å². The van der Waals surface area contributed by atoms with Gasteiger partial charge in [-0.1, -0.05) is 17.7 Å². The maximum absolute atomic E-state index is 4.66. The fourth-order valence-corrected chi connectivity index (χ4v) is 2.53. The van der Waals surface area contributed by atoms with Crippen molar-refractivity contribution in [3.05, 3.63) is 52.8 Å². The molecule has 3 rings (SSSR count). The lowest BCUT2D eigenvalue weighted by molar-refractivity contribution is 0.875. The third kappa shape index (κ3) is 1.91. The summed E-state index contributed by atoms with van der Waals surface area (Å²) in [5.41, 5.74) is 6.54. The van der Waals surface area contributed by atoms with Crippen LogP contribution in [0.25, 0.3) is 16.7 Å². The minimum atomic E-state index is 0.943. The number of pyridine rings is 1. The molecule has 19 heavy (non-hydrogen) atoms. The SMILES string of the molecule is Cc1ccc(-n2nc(C)c3c(C)cc(C)nc32)cc1. The molecular weight excluding hydrogens is 234 g/mol. The first-order chi connectivity index (χ1) is 9.06. The van der Waals surface area contributed by atoms with Crippen LogP contribution in [0.2, 0.25) is 0 Å². The van der Waals surface area contributed by atoms with Crippen LogP contribution in [0.5, 0.6) is 0 Å². The quantitative estimate of drug-likeness (QED) is 0.661. The zero-order chi connectivity index (χ0) is 13.6. The molecule has 96 valence electrons. The van der Waals surface area contributed by atoms with Crippen LogP contribution >= 0.6 is 0 Å².